The molecule has 0 N–H and O–H groups in total. The summed E-state index contributed by atoms with van der Waals surface area (Å²) in [6.07, 6.45) is 3.77. The predicted molar refractivity (Wildman–Crippen MR) is 95.5 cm³/mol. The number of aryl methyl sites for hydroxylation is 1. The van der Waals surface area contributed by atoms with Crippen LogP contribution in [0.15, 0.2) is 59.9 Å². The highest BCUT2D eigenvalue weighted by Crippen LogP contribution is 2.34. The molecule has 0 saturated carbocycles. The Morgan fingerprint density at radius 1 is 1.12 bits per heavy atom. The average molecular weight is 320 g/mol. The SMILES string of the molecule is CC(C)=CCOc1ccc2c(c1)O/C(=C\c1ccc(C)cc1)C2=O. The van der Waals surface area contributed by atoms with Crippen LogP contribution in [0.25, 0.3) is 6.08 Å². The van der Waals surface area contributed by atoms with E-state index in [9.17, 15) is 4.79 Å². The number of rotatable bonds is 4. The van der Waals surface area contributed by atoms with Gasteiger partial charge in [-0.2, -0.15) is 0 Å². The quantitative estimate of drug-likeness (QED) is 0.590. The Balaban J connectivity index is 1.79. The monoisotopic (exact) mass is 320 g/mol. The zero-order valence-electron chi connectivity index (χ0n) is 14.1. The molecule has 122 valence electrons. The average Bonchev–Trinajstić information content (AvgIpc) is 2.85. The van der Waals surface area contributed by atoms with Gasteiger partial charge in [0.25, 0.3) is 0 Å². The number of allylic oxidation sites excluding steroid dienone is 2. The fourth-order valence-corrected chi connectivity index (χ4v) is 2.38. The second-order valence-corrected chi connectivity index (χ2v) is 6.10. The molecule has 0 bridgehead atoms. The molecule has 1 aliphatic heterocycles. The molecule has 0 aliphatic carbocycles. The topological polar surface area (TPSA) is 35.5 Å². The van der Waals surface area contributed by atoms with Gasteiger partial charge < -0.3 is 9.47 Å². The summed E-state index contributed by atoms with van der Waals surface area (Å²) in [5.41, 5.74) is 3.89. The van der Waals surface area contributed by atoms with Crippen molar-refractivity contribution in [3.8, 4) is 11.5 Å². The number of fused-ring (bicyclic) bond motifs is 1. The lowest BCUT2D eigenvalue weighted by Crippen LogP contribution is -1.98. The van der Waals surface area contributed by atoms with Crippen LogP contribution in [-0.2, 0) is 0 Å². The zero-order chi connectivity index (χ0) is 17.1. The summed E-state index contributed by atoms with van der Waals surface area (Å²) in [6, 6.07) is 13.3. The Morgan fingerprint density at radius 3 is 2.58 bits per heavy atom. The van der Waals surface area contributed by atoms with Gasteiger partial charge in [0, 0.05) is 6.07 Å². The molecule has 0 atom stereocenters. The van der Waals surface area contributed by atoms with Gasteiger partial charge in [-0.15, -0.1) is 0 Å². The minimum Gasteiger partial charge on any atom is -0.489 e. The van der Waals surface area contributed by atoms with E-state index in [0.717, 1.165) is 5.56 Å². The van der Waals surface area contributed by atoms with Crippen LogP contribution in [-0.4, -0.2) is 12.4 Å². The van der Waals surface area contributed by atoms with Crippen molar-refractivity contribution < 1.29 is 14.3 Å². The highest BCUT2D eigenvalue weighted by molar-refractivity contribution is 6.14. The summed E-state index contributed by atoms with van der Waals surface area (Å²) in [5, 5.41) is 0. The lowest BCUT2D eigenvalue weighted by Gasteiger charge is -2.05. The molecule has 2 aromatic carbocycles. The minimum absolute atomic E-state index is 0.0959. The molecule has 3 rings (SSSR count). The van der Waals surface area contributed by atoms with Crippen LogP contribution in [0.1, 0.15) is 35.3 Å². The molecule has 0 amide bonds. The van der Waals surface area contributed by atoms with Crippen LogP contribution in [0, 0.1) is 6.92 Å². The first-order valence-corrected chi connectivity index (χ1v) is 7.94. The summed E-state index contributed by atoms with van der Waals surface area (Å²) in [4.78, 5) is 12.4. The van der Waals surface area contributed by atoms with E-state index in [0.29, 0.717) is 29.4 Å². The van der Waals surface area contributed by atoms with Crippen LogP contribution in [0.4, 0.5) is 0 Å². The lowest BCUT2D eigenvalue weighted by molar-refractivity contribution is 0.101. The van der Waals surface area contributed by atoms with Gasteiger partial charge in [0.1, 0.15) is 18.1 Å². The number of benzene rings is 2. The fraction of sp³-hybridized carbons (Fsp3) is 0.190. The van der Waals surface area contributed by atoms with Crippen LogP contribution < -0.4 is 9.47 Å². The Kier molecular flexibility index (Phi) is 4.52. The Bertz CT molecular complexity index is 823. The van der Waals surface area contributed by atoms with Gasteiger partial charge in [0.2, 0.25) is 5.78 Å². The minimum atomic E-state index is -0.0959. The number of carbonyl (C=O) groups is 1. The number of ether oxygens (including phenoxy) is 2. The smallest absolute Gasteiger partial charge is 0.231 e. The van der Waals surface area contributed by atoms with Crippen molar-refractivity contribution in [3.63, 3.8) is 0 Å². The van der Waals surface area contributed by atoms with Crippen LogP contribution >= 0.6 is 0 Å². The molecule has 0 unspecified atom stereocenters. The summed E-state index contributed by atoms with van der Waals surface area (Å²) in [6.45, 7) is 6.58. The van der Waals surface area contributed by atoms with E-state index in [2.05, 4.69) is 0 Å². The third kappa shape index (κ3) is 3.57. The first-order chi connectivity index (χ1) is 11.5. The highest BCUT2D eigenvalue weighted by atomic mass is 16.5. The zero-order valence-corrected chi connectivity index (χ0v) is 14.1. The van der Waals surface area contributed by atoms with Crippen LogP contribution in [0.3, 0.4) is 0 Å². The van der Waals surface area contributed by atoms with E-state index in [1.807, 2.05) is 51.1 Å². The van der Waals surface area contributed by atoms with E-state index < -0.39 is 0 Å². The van der Waals surface area contributed by atoms with E-state index in [1.54, 1.807) is 24.3 Å². The van der Waals surface area contributed by atoms with Crippen molar-refractivity contribution in [1.29, 1.82) is 0 Å². The molecule has 0 spiro atoms. The molecule has 0 aromatic heterocycles. The van der Waals surface area contributed by atoms with Crippen molar-refractivity contribution in [1.82, 2.24) is 0 Å². The second-order valence-electron chi connectivity index (χ2n) is 6.10. The van der Waals surface area contributed by atoms with Gasteiger partial charge in [0.15, 0.2) is 5.76 Å². The summed E-state index contributed by atoms with van der Waals surface area (Å²) in [7, 11) is 0. The molecular formula is C21H20O3. The summed E-state index contributed by atoms with van der Waals surface area (Å²) < 4.78 is 11.4. The predicted octanol–water partition coefficient (Wildman–Crippen LogP) is 4.96. The number of hydrogen-bond donors (Lipinski definition) is 0. The molecule has 24 heavy (non-hydrogen) atoms. The molecule has 0 radical (unpaired) electrons. The Morgan fingerprint density at radius 2 is 1.88 bits per heavy atom. The van der Waals surface area contributed by atoms with Crippen molar-refractivity contribution in [2.75, 3.05) is 6.61 Å². The van der Waals surface area contributed by atoms with E-state index in [-0.39, 0.29) is 5.78 Å². The van der Waals surface area contributed by atoms with Crippen molar-refractivity contribution in [2.45, 2.75) is 20.8 Å². The van der Waals surface area contributed by atoms with Gasteiger partial charge in [-0.1, -0.05) is 35.4 Å². The Hall–Kier alpha value is -2.81. The lowest BCUT2D eigenvalue weighted by atomic mass is 10.1. The van der Waals surface area contributed by atoms with E-state index in [1.165, 1.54) is 11.1 Å². The molecule has 3 nitrogen and oxygen atoms in total. The third-order valence-electron chi connectivity index (χ3n) is 3.76. The van der Waals surface area contributed by atoms with Crippen molar-refractivity contribution in [3.05, 3.63) is 76.6 Å². The number of carbonyl (C=O) groups excluding carboxylic acids is 1. The van der Waals surface area contributed by atoms with Gasteiger partial charge in [-0.25, -0.2) is 0 Å². The standard InChI is InChI=1S/C21H20O3/c1-14(2)10-11-23-17-8-9-18-19(13-17)24-20(21(18)22)12-16-6-4-15(3)5-7-16/h4-10,12-13H,11H2,1-3H3/b20-12-. The first kappa shape index (κ1) is 16.1. The second kappa shape index (κ2) is 6.75. The van der Waals surface area contributed by atoms with Gasteiger partial charge >= 0.3 is 0 Å². The largest absolute Gasteiger partial charge is 0.489 e. The first-order valence-electron chi connectivity index (χ1n) is 7.94. The van der Waals surface area contributed by atoms with Crippen LogP contribution in [0.5, 0.6) is 11.5 Å². The van der Waals surface area contributed by atoms with Crippen LogP contribution in [0.2, 0.25) is 0 Å². The molecule has 0 saturated heterocycles. The molecular weight excluding hydrogens is 300 g/mol. The Labute approximate surface area is 142 Å². The highest BCUT2D eigenvalue weighted by Gasteiger charge is 2.27. The molecule has 2 aromatic rings. The normalized spacial score (nSPS) is 14.3. The van der Waals surface area contributed by atoms with Gasteiger partial charge in [-0.05, 0) is 50.6 Å². The molecule has 3 heteroatoms. The third-order valence-corrected chi connectivity index (χ3v) is 3.76. The number of Topliss-reactive ketones (excluding diaryl/α,β-unsaturated/α-hetero) is 1. The van der Waals surface area contributed by atoms with E-state index in [4.69, 9.17) is 9.47 Å². The summed E-state index contributed by atoms with van der Waals surface area (Å²) in [5.74, 6) is 1.49. The van der Waals surface area contributed by atoms with Gasteiger partial charge in [-0.3, -0.25) is 4.79 Å². The van der Waals surface area contributed by atoms with Crippen molar-refractivity contribution >= 4 is 11.9 Å². The molecule has 1 heterocycles. The maximum Gasteiger partial charge on any atom is 0.231 e. The van der Waals surface area contributed by atoms with E-state index >= 15 is 0 Å². The van der Waals surface area contributed by atoms with Crippen molar-refractivity contribution in [2.24, 2.45) is 0 Å². The maximum absolute atomic E-state index is 12.4. The number of hydrogen-bond acceptors (Lipinski definition) is 3. The molecule has 0 fully saturated rings. The fourth-order valence-electron chi connectivity index (χ4n) is 2.38. The maximum atomic E-state index is 12.4. The summed E-state index contributed by atoms with van der Waals surface area (Å²) >= 11 is 0. The molecule has 1 aliphatic rings. The number of ketones is 1. The van der Waals surface area contributed by atoms with Gasteiger partial charge in [0.05, 0.1) is 5.56 Å².